The van der Waals surface area contributed by atoms with Crippen LogP contribution in [-0.4, -0.2) is 25.5 Å². The molecule has 0 atom stereocenters. The first-order chi connectivity index (χ1) is 10.6. The van der Waals surface area contributed by atoms with Crippen molar-refractivity contribution in [1.82, 2.24) is 24.9 Å². The van der Waals surface area contributed by atoms with Gasteiger partial charge in [-0.3, -0.25) is 14.2 Å². The minimum Gasteiger partial charge on any atom is -0.346 e. The molecule has 2 aromatic heterocycles. The van der Waals surface area contributed by atoms with Crippen molar-refractivity contribution in [2.45, 2.75) is 33.1 Å². The predicted octanol–water partition coefficient (Wildman–Crippen LogP) is 2.66. The van der Waals surface area contributed by atoms with Crippen LogP contribution in [0.4, 0.5) is 13.2 Å². The van der Waals surface area contributed by atoms with Crippen molar-refractivity contribution in [1.29, 1.82) is 0 Å². The Morgan fingerprint density at radius 1 is 1.39 bits per heavy atom. The number of aryl methyl sites for hydroxylation is 3. The number of carbonyl (C=O) groups is 1. The van der Waals surface area contributed by atoms with Crippen molar-refractivity contribution in [3.05, 3.63) is 33.3 Å². The number of halogens is 4. The summed E-state index contributed by atoms with van der Waals surface area (Å²) in [5.41, 5.74) is 0.250. The van der Waals surface area contributed by atoms with Crippen LogP contribution in [0.5, 0.6) is 0 Å². The maximum atomic E-state index is 12.8. The van der Waals surface area contributed by atoms with E-state index in [1.807, 2.05) is 6.92 Å². The maximum Gasteiger partial charge on any atom is 0.436 e. The monoisotopic (exact) mass is 393 g/mol. The Kier molecular flexibility index (Phi) is 4.83. The highest BCUT2D eigenvalue weighted by Gasteiger charge is 2.39. The van der Waals surface area contributed by atoms with E-state index in [2.05, 4.69) is 31.4 Å². The molecule has 0 aliphatic heterocycles. The zero-order valence-corrected chi connectivity index (χ0v) is 14.3. The molecule has 2 heterocycles. The average molecular weight is 394 g/mol. The normalized spacial score (nSPS) is 11.8. The number of amides is 1. The Hall–Kier alpha value is -1.84. The molecule has 10 heteroatoms. The van der Waals surface area contributed by atoms with Crippen molar-refractivity contribution in [2.75, 3.05) is 0 Å². The van der Waals surface area contributed by atoms with E-state index in [1.165, 1.54) is 7.05 Å². The van der Waals surface area contributed by atoms with E-state index in [1.54, 1.807) is 17.8 Å². The molecule has 6 nitrogen and oxygen atoms in total. The summed E-state index contributed by atoms with van der Waals surface area (Å²) >= 11 is 2.81. The molecule has 23 heavy (non-hydrogen) atoms. The molecule has 1 amide bonds. The highest BCUT2D eigenvalue weighted by atomic mass is 79.9. The SMILES string of the molecule is CCn1cc(CNC(=O)c2c(Br)c(C(F)(F)F)nn2C)c(C)n1. The zero-order chi connectivity index (χ0) is 17.4. The topological polar surface area (TPSA) is 64.7 Å². The summed E-state index contributed by atoms with van der Waals surface area (Å²) in [7, 11) is 1.29. The summed E-state index contributed by atoms with van der Waals surface area (Å²) in [4.78, 5) is 12.2. The first-order valence-corrected chi connectivity index (χ1v) is 7.55. The molecule has 2 aromatic rings. The minimum absolute atomic E-state index is 0.170. The Bertz CT molecular complexity index is 735. The molecule has 0 bridgehead atoms. The van der Waals surface area contributed by atoms with Gasteiger partial charge in [-0.2, -0.15) is 23.4 Å². The van der Waals surface area contributed by atoms with Crippen LogP contribution in [0.3, 0.4) is 0 Å². The van der Waals surface area contributed by atoms with Gasteiger partial charge in [0.15, 0.2) is 5.69 Å². The Morgan fingerprint density at radius 2 is 2.04 bits per heavy atom. The molecule has 0 aliphatic rings. The van der Waals surface area contributed by atoms with Gasteiger partial charge >= 0.3 is 6.18 Å². The van der Waals surface area contributed by atoms with Crippen LogP contribution < -0.4 is 5.32 Å². The van der Waals surface area contributed by atoms with Gasteiger partial charge in [0.2, 0.25) is 0 Å². The summed E-state index contributed by atoms with van der Waals surface area (Å²) in [6, 6.07) is 0. The van der Waals surface area contributed by atoms with E-state index < -0.39 is 17.8 Å². The third-order valence-electron chi connectivity index (χ3n) is 3.28. The third-order valence-corrected chi connectivity index (χ3v) is 4.04. The van der Waals surface area contributed by atoms with Gasteiger partial charge in [-0.05, 0) is 29.8 Å². The third kappa shape index (κ3) is 3.57. The lowest BCUT2D eigenvalue weighted by atomic mass is 10.2. The number of aromatic nitrogens is 4. The molecule has 2 rings (SSSR count). The fourth-order valence-electron chi connectivity index (χ4n) is 2.08. The Balaban J connectivity index is 2.18. The van der Waals surface area contributed by atoms with Crippen molar-refractivity contribution in [3.63, 3.8) is 0 Å². The summed E-state index contributed by atoms with van der Waals surface area (Å²) in [5, 5.41) is 10.2. The van der Waals surface area contributed by atoms with Crippen molar-refractivity contribution in [2.24, 2.45) is 7.05 Å². The zero-order valence-electron chi connectivity index (χ0n) is 12.7. The largest absolute Gasteiger partial charge is 0.436 e. The number of nitrogens with zero attached hydrogens (tertiary/aromatic N) is 4. The van der Waals surface area contributed by atoms with Crippen molar-refractivity contribution in [3.8, 4) is 0 Å². The molecule has 0 unspecified atom stereocenters. The molecule has 0 radical (unpaired) electrons. The number of rotatable bonds is 4. The van der Waals surface area contributed by atoms with Crippen LogP contribution in [0, 0.1) is 6.92 Å². The van der Waals surface area contributed by atoms with E-state index in [0.29, 0.717) is 6.54 Å². The number of nitrogens with one attached hydrogen (secondary N) is 1. The van der Waals surface area contributed by atoms with Gasteiger partial charge in [-0.15, -0.1) is 0 Å². The summed E-state index contributed by atoms with van der Waals surface area (Å²) in [6.07, 6.45) is -2.84. The van der Waals surface area contributed by atoms with E-state index in [4.69, 9.17) is 0 Å². The van der Waals surface area contributed by atoms with E-state index in [-0.39, 0.29) is 16.7 Å². The smallest absolute Gasteiger partial charge is 0.346 e. The molecule has 0 spiro atoms. The highest BCUT2D eigenvalue weighted by Crippen LogP contribution is 2.35. The van der Waals surface area contributed by atoms with Crippen molar-refractivity contribution >= 4 is 21.8 Å². The molecular weight excluding hydrogens is 379 g/mol. The number of hydrogen-bond acceptors (Lipinski definition) is 3. The van der Waals surface area contributed by atoms with Gasteiger partial charge in [0.05, 0.1) is 10.2 Å². The number of hydrogen-bond donors (Lipinski definition) is 1. The fraction of sp³-hybridized carbons (Fsp3) is 0.462. The molecular formula is C13H15BrF3N5O. The van der Waals surface area contributed by atoms with Gasteiger partial charge in [-0.1, -0.05) is 0 Å². The second-order valence-corrected chi connectivity index (χ2v) is 5.70. The van der Waals surface area contributed by atoms with E-state index in [9.17, 15) is 18.0 Å². The first kappa shape index (κ1) is 17.5. The quantitative estimate of drug-likeness (QED) is 0.868. The first-order valence-electron chi connectivity index (χ1n) is 6.76. The standard InChI is InChI=1S/C13H15BrF3N5O/c1-4-22-6-8(7(2)19-22)5-18-12(23)10-9(14)11(13(15,16)17)20-21(10)3/h6H,4-5H2,1-3H3,(H,18,23). The average Bonchev–Trinajstić information content (AvgIpc) is 2.96. The fourth-order valence-corrected chi connectivity index (χ4v) is 2.82. The number of carbonyl (C=O) groups excluding carboxylic acids is 1. The van der Waals surface area contributed by atoms with Gasteiger partial charge in [-0.25, -0.2) is 0 Å². The second kappa shape index (κ2) is 6.34. The van der Waals surface area contributed by atoms with E-state index in [0.717, 1.165) is 15.9 Å². The summed E-state index contributed by atoms with van der Waals surface area (Å²) in [6.45, 7) is 4.59. The predicted molar refractivity (Wildman–Crippen MR) is 79.7 cm³/mol. The summed E-state index contributed by atoms with van der Waals surface area (Å²) in [5.74, 6) is -0.647. The molecule has 0 saturated carbocycles. The summed E-state index contributed by atoms with van der Waals surface area (Å²) < 4.78 is 40.7. The Labute approximate surface area is 138 Å². The van der Waals surface area contributed by atoms with Gasteiger partial charge < -0.3 is 5.32 Å². The van der Waals surface area contributed by atoms with E-state index >= 15 is 0 Å². The lowest BCUT2D eigenvalue weighted by Crippen LogP contribution is -2.25. The lowest BCUT2D eigenvalue weighted by Gasteiger charge is -2.05. The van der Waals surface area contributed by atoms with Gasteiger partial charge in [0.25, 0.3) is 5.91 Å². The molecule has 0 aromatic carbocycles. The maximum absolute atomic E-state index is 12.8. The minimum atomic E-state index is -4.63. The van der Waals surface area contributed by atoms with Crippen LogP contribution in [0.15, 0.2) is 10.7 Å². The molecule has 126 valence electrons. The van der Waals surface area contributed by atoms with Crippen LogP contribution in [-0.2, 0) is 26.3 Å². The van der Waals surface area contributed by atoms with Gasteiger partial charge in [0, 0.05) is 31.9 Å². The van der Waals surface area contributed by atoms with Crippen LogP contribution in [0.1, 0.15) is 34.4 Å². The van der Waals surface area contributed by atoms with Crippen LogP contribution in [0.25, 0.3) is 0 Å². The van der Waals surface area contributed by atoms with Gasteiger partial charge in [0.1, 0.15) is 5.69 Å². The molecule has 0 fully saturated rings. The van der Waals surface area contributed by atoms with Crippen LogP contribution in [0.2, 0.25) is 0 Å². The highest BCUT2D eigenvalue weighted by molar-refractivity contribution is 9.10. The number of alkyl halides is 3. The van der Waals surface area contributed by atoms with Crippen LogP contribution >= 0.6 is 15.9 Å². The lowest BCUT2D eigenvalue weighted by molar-refractivity contribution is -0.142. The molecule has 0 saturated heterocycles. The van der Waals surface area contributed by atoms with Crippen molar-refractivity contribution < 1.29 is 18.0 Å². The molecule has 0 aliphatic carbocycles. The second-order valence-electron chi connectivity index (χ2n) is 4.91. The molecule has 1 N–H and O–H groups in total. The Morgan fingerprint density at radius 3 is 2.52 bits per heavy atom.